The monoisotopic (exact) mass is 203 g/mol. The van der Waals surface area contributed by atoms with Crippen molar-refractivity contribution in [2.24, 2.45) is 4.99 Å². The predicted octanol–water partition coefficient (Wildman–Crippen LogP) is 1.74. The molecular weight excluding hydrogens is 194 g/mol. The van der Waals surface area contributed by atoms with E-state index in [1.54, 1.807) is 6.08 Å². The van der Waals surface area contributed by atoms with Gasteiger partial charge in [0.25, 0.3) is 0 Å². The Kier molecular flexibility index (Phi) is 1.61. The van der Waals surface area contributed by atoms with Crippen LogP contribution in [0.15, 0.2) is 23.2 Å². The summed E-state index contributed by atoms with van der Waals surface area (Å²) in [5, 5.41) is 0. The molecule has 0 N–H and O–H groups in total. The lowest BCUT2D eigenvalue weighted by molar-refractivity contribution is 0.174. The van der Waals surface area contributed by atoms with Crippen LogP contribution in [0.2, 0.25) is 0 Å². The minimum Gasteiger partial charge on any atom is -0.454 e. The number of aliphatic imine (C=N–C) groups is 1. The van der Waals surface area contributed by atoms with Crippen LogP contribution < -0.4 is 9.47 Å². The zero-order chi connectivity index (χ0) is 10.3. The fourth-order valence-electron chi connectivity index (χ4n) is 1.86. The topological polar surface area (TPSA) is 47.9 Å². The summed E-state index contributed by atoms with van der Waals surface area (Å²) < 4.78 is 10.5. The van der Waals surface area contributed by atoms with E-state index in [0.29, 0.717) is 0 Å². The Labute approximate surface area is 86.5 Å². The van der Waals surface area contributed by atoms with Gasteiger partial charge in [0.05, 0.1) is 5.54 Å². The second-order valence-electron chi connectivity index (χ2n) is 3.80. The zero-order valence-corrected chi connectivity index (χ0v) is 8.03. The molecule has 0 aromatic heterocycles. The van der Waals surface area contributed by atoms with E-state index >= 15 is 0 Å². The maximum atomic E-state index is 10.3. The van der Waals surface area contributed by atoms with Crippen LogP contribution >= 0.6 is 0 Å². The van der Waals surface area contributed by atoms with Gasteiger partial charge in [0.15, 0.2) is 11.5 Å². The van der Waals surface area contributed by atoms with Crippen LogP contribution in [0.25, 0.3) is 0 Å². The Balaban J connectivity index is 2.03. The number of hydrogen-bond acceptors (Lipinski definition) is 4. The average Bonchev–Trinajstić information content (AvgIpc) is 2.89. The van der Waals surface area contributed by atoms with Crippen molar-refractivity contribution in [3.63, 3.8) is 0 Å². The van der Waals surface area contributed by atoms with Gasteiger partial charge in [-0.15, -0.1) is 0 Å². The fraction of sp³-hybridized carbons (Fsp3) is 0.364. The van der Waals surface area contributed by atoms with E-state index in [1.807, 2.05) is 18.2 Å². The molecule has 0 bridgehead atoms. The zero-order valence-electron chi connectivity index (χ0n) is 8.03. The van der Waals surface area contributed by atoms with Gasteiger partial charge < -0.3 is 9.47 Å². The molecule has 1 aromatic rings. The van der Waals surface area contributed by atoms with Crippen molar-refractivity contribution in [3.8, 4) is 11.5 Å². The molecule has 1 heterocycles. The summed E-state index contributed by atoms with van der Waals surface area (Å²) in [6, 6.07) is 5.69. The van der Waals surface area contributed by atoms with Crippen molar-refractivity contribution in [2.45, 2.75) is 18.4 Å². The largest absolute Gasteiger partial charge is 0.454 e. The summed E-state index contributed by atoms with van der Waals surface area (Å²) >= 11 is 0. The van der Waals surface area contributed by atoms with Crippen LogP contribution in [0, 0.1) is 0 Å². The SMILES string of the molecule is O=C=NC1(c2ccc3c(c2)OCO3)CC1. The molecule has 0 radical (unpaired) electrons. The molecule has 4 heteroatoms. The highest BCUT2D eigenvalue weighted by molar-refractivity contribution is 5.49. The van der Waals surface area contributed by atoms with Gasteiger partial charge >= 0.3 is 0 Å². The summed E-state index contributed by atoms with van der Waals surface area (Å²) in [5.74, 6) is 1.49. The lowest BCUT2D eigenvalue weighted by Crippen LogP contribution is -2.01. The molecule has 0 unspecified atom stereocenters. The Morgan fingerprint density at radius 1 is 1.27 bits per heavy atom. The number of isocyanates is 1. The van der Waals surface area contributed by atoms with Gasteiger partial charge in [-0.1, -0.05) is 6.07 Å². The summed E-state index contributed by atoms with van der Waals surface area (Å²) in [5.41, 5.74) is 0.679. The predicted molar refractivity (Wildman–Crippen MR) is 51.6 cm³/mol. The molecule has 1 saturated carbocycles. The minimum atomic E-state index is -0.331. The number of benzene rings is 1. The summed E-state index contributed by atoms with van der Waals surface area (Å²) in [6.07, 6.45) is 3.45. The van der Waals surface area contributed by atoms with Crippen LogP contribution in [0.5, 0.6) is 11.5 Å². The summed E-state index contributed by atoms with van der Waals surface area (Å²) in [6.45, 7) is 0.267. The average molecular weight is 203 g/mol. The molecular formula is C11H9NO3. The van der Waals surface area contributed by atoms with Gasteiger partial charge in [0.1, 0.15) is 0 Å². The van der Waals surface area contributed by atoms with Crippen molar-refractivity contribution >= 4 is 6.08 Å². The Hall–Kier alpha value is -1.80. The minimum absolute atomic E-state index is 0.267. The van der Waals surface area contributed by atoms with E-state index in [1.165, 1.54) is 0 Å². The van der Waals surface area contributed by atoms with Gasteiger partial charge in [-0.05, 0) is 30.5 Å². The van der Waals surface area contributed by atoms with E-state index in [2.05, 4.69) is 4.99 Å². The summed E-state index contributed by atoms with van der Waals surface area (Å²) in [7, 11) is 0. The van der Waals surface area contributed by atoms with Crippen molar-refractivity contribution in [3.05, 3.63) is 23.8 Å². The lowest BCUT2D eigenvalue weighted by Gasteiger charge is -2.08. The first-order valence-electron chi connectivity index (χ1n) is 4.83. The molecule has 3 rings (SSSR count). The highest BCUT2D eigenvalue weighted by atomic mass is 16.7. The number of hydrogen-bond donors (Lipinski definition) is 0. The number of ether oxygens (including phenoxy) is 2. The third-order valence-electron chi connectivity index (χ3n) is 2.89. The quantitative estimate of drug-likeness (QED) is 0.543. The second kappa shape index (κ2) is 2.84. The standard InChI is InChI=1S/C11H9NO3/c13-6-12-11(3-4-11)8-1-2-9-10(5-8)15-7-14-9/h1-2,5H,3-4,7H2. The van der Waals surface area contributed by atoms with E-state index in [-0.39, 0.29) is 12.3 Å². The van der Waals surface area contributed by atoms with Gasteiger partial charge in [-0.3, -0.25) is 0 Å². The van der Waals surface area contributed by atoms with Crippen molar-refractivity contribution in [1.29, 1.82) is 0 Å². The Bertz CT molecular complexity index is 459. The molecule has 0 spiro atoms. The first kappa shape index (κ1) is 8.50. The van der Waals surface area contributed by atoms with Gasteiger partial charge in [0, 0.05) is 0 Å². The molecule has 0 amide bonds. The van der Waals surface area contributed by atoms with E-state index in [9.17, 15) is 4.79 Å². The van der Waals surface area contributed by atoms with Crippen LogP contribution in [0.3, 0.4) is 0 Å². The lowest BCUT2D eigenvalue weighted by atomic mass is 10.1. The summed E-state index contributed by atoms with van der Waals surface area (Å²) in [4.78, 5) is 14.2. The number of carbonyl (C=O) groups excluding carboxylic acids is 1. The molecule has 15 heavy (non-hydrogen) atoms. The third-order valence-corrected chi connectivity index (χ3v) is 2.89. The highest BCUT2D eigenvalue weighted by Gasteiger charge is 2.45. The van der Waals surface area contributed by atoms with E-state index in [0.717, 1.165) is 29.9 Å². The molecule has 2 aliphatic rings. The van der Waals surface area contributed by atoms with Crippen LogP contribution in [-0.4, -0.2) is 12.9 Å². The number of nitrogens with zero attached hydrogens (tertiary/aromatic N) is 1. The molecule has 0 atom stereocenters. The van der Waals surface area contributed by atoms with Gasteiger partial charge in [-0.25, -0.2) is 4.79 Å². The molecule has 0 saturated heterocycles. The molecule has 1 aromatic carbocycles. The second-order valence-corrected chi connectivity index (χ2v) is 3.80. The number of fused-ring (bicyclic) bond motifs is 1. The van der Waals surface area contributed by atoms with Crippen LogP contribution in [0.1, 0.15) is 18.4 Å². The number of rotatable bonds is 2. The smallest absolute Gasteiger partial charge is 0.235 e. The van der Waals surface area contributed by atoms with Crippen LogP contribution in [-0.2, 0) is 10.3 Å². The molecule has 1 aliphatic carbocycles. The maximum Gasteiger partial charge on any atom is 0.235 e. The maximum absolute atomic E-state index is 10.3. The normalized spacial score (nSPS) is 19.5. The first-order valence-corrected chi connectivity index (χ1v) is 4.83. The first-order chi connectivity index (χ1) is 7.34. The molecule has 76 valence electrons. The van der Waals surface area contributed by atoms with Crippen molar-refractivity contribution in [1.82, 2.24) is 0 Å². The highest BCUT2D eigenvalue weighted by Crippen LogP contribution is 2.51. The molecule has 1 aliphatic heterocycles. The van der Waals surface area contributed by atoms with Crippen molar-refractivity contribution in [2.75, 3.05) is 6.79 Å². The van der Waals surface area contributed by atoms with Crippen molar-refractivity contribution < 1.29 is 14.3 Å². The third kappa shape index (κ3) is 1.22. The van der Waals surface area contributed by atoms with Gasteiger partial charge in [-0.2, -0.15) is 4.99 Å². The van der Waals surface area contributed by atoms with E-state index in [4.69, 9.17) is 9.47 Å². The Morgan fingerprint density at radius 3 is 2.80 bits per heavy atom. The molecule has 1 fully saturated rings. The van der Waals surface area contributed by atoms with Crippen LogP contribution in [0.4, 0.5) is 0 Å². The van der Waals surface area contributed by atoms with Gasteiger partial charge in [0.2, 0.25) is 12.9 Å². The fourth-order valence-corrected chi connectivity index (χ4v) is 1.86. The Morgan fingerprint density at radius 2 is 2.07 bits per heavy atom. The van der Waals surface area contributed by atoms with E-state index < -0.39 is 0 Å². The molecule has 4 nitrogen and oxygen atoms in total.